The highest BCUT2D eigenvalue weighted by atomic mass is 16.6. The molecule has 9 nitrogen and oxygen atoms in total. The maximum absolute atomic E-state index is 15.4. The third-order valence-corrected chi connectivity index (χ3v) is 10.9. The topological polar surface area (TPSA) is 101 Å². The molecule has 3 aliphatic rings. The highest BCUT2D eigenvalue weighted by molar-refractivity contribution is 5.84. The highest BCUT2D eigenvalue weighted by Gasteiger charge is 2.46. The summed E-state index contributed by atoms with van der Waals surface area (Å²) in [6, 6.07) is 38.3. The number of aliphatic hydroxyl groups excluding tert-OH is 2. The predicted molar refractivity (Wildman–Crippen MR) is 206 cm³/mol. The molecule has 2 N–H and O–H groups in total. The molecule has 0 aromatic heterocycles. The number of hydrogen-bond donors (Lipinski definition) is 2. The minimum atomic E-state index is -1.29. The van der Waals surface area contributed by atoms with Crippen LogP contribution in [0.25, 0.3) is 21.5 Å². The summed E-state index contributed by atoms with van der Waals surface area (Å²) in [4.78, 5) is 18.9. The molecule has 6 aromatic rings. The van der Waals surface area contributed by atoms with Crippen LogP contribution >= 0.6 is 0 Å². The average molecular weight is 723 g/mol. The third kappa shape index (κ3) is 6.77. The number of rotatable bonds is 8. The molecule has 0 spiro atoms. The maximum Gasteiger partial charge on any atom is 0.321 e. The minimum Gasteiger partial charge on any atom is -0.486 e. The zero-order valence-electron chi connectivity index (χ0n) is 29.8. The SMILES string of the molecule is O=C1N(Cc2ccc3ccccc3c2)[C@H](Cc2ccc3c(c2)OCCO3)[C@H](O)[C@@H](O)[C@@H](Cc2ccc3c(c2)OCCO3)N1Cc1ccc2ccccc2c1. The first-order valence-corrected chi connectivity index (χ1v) is 18.6. The number of hydrogen-bond acceptors (Lipinski definition) is 7. The van der Waals surface area contributed by atoms with Gasteiger partial charge in [-0.25, -0.2) is 4.79 Å². The van der Waals surface area contributed by atoms with Crippen LogP contribution in [0, 0.1) is 0 Å². The Morgan fingerprint density at radius 3 is 1.30 bits per heavy atom. The number of urea groups is 1. The van der Waals surface area contributed by atoms with E-state index in [1.54, 1.807) is 9.80 Å². The average Bonchev–Trinajstić information content (AvgIpc) is 3.27. The van der Waals surface area contributed by atoms with E-state index >= 15 is 4.79 Å². The third-order valence-electron chi connectivity index (χ3n) is 10.9. The quantitative estimate of drug-likeness (QED) is 0.176. The summed E-state index contributed by atoms with van der Waals surface area (Å²) in [6.07, 6.45) is -2.00. The molecule has 9 heteroatoms. The van der Waals surface area contributed by atoms with Gasteiger partial charge in [-0.3, -0.25) is 0 Å². The molecule has 274 valence electrons. The Morgan fingerprint density at radius 2 is 0.852 bits per heavy atom. The fourth-order valence-corrected chi connectivity index (χ4v) is 8.08. The molecule has 3 aliphatic heterocycles. The van der Waals surface area contributed by atoms with Crippen molar-refractivity contribution in [3.63, 3.8) is 0 Å². The lowest BCUT2D eigenvalue weighted by Gasteiger charge is -2.36. The van der Waals surface area contributed by atoms with Gasteiger partial charge in [-0.1, -0.05) is 84.9 Å². The number of amides is 2. The van der Waals surface area contributed by atoms with E-state index in [0.29, 0.717) is 49.4 Å². The Bertz CT molecular complexity index is 2170. The number of carbonyl (C=O) groups is 1. The smallest absolute Gasteiger partial charge is 0.321 e. The second-order valence-electron chi connectivity index (χ2n) is 14.4. The Morgan fingerprint density at radius 1 is 0.463 bits per heavy atom. The van der Waals surface area contributed by atoms with Crippen LogP contribution < -0.4 is 18.9 Å². The van der Waals surface area contributed by atoms with E-state index in [1.807, 2.05) is 72.8 Å². The van der Waals surface area contributed by atoms with Gasteiger partial charge in [-0.2, -0.15) is 0 Å². The van der Waals surface area contributed by atoms with E-state index in [-0.39, 0.29) is 32.0 Å². The molecular formula is C45H42N2O7. The first-order chi connectivity index (χ1) is 26.5. The van der Waals surface area contributed by atoms with Crippen LogP contribution in [0.2, 0.25) is 0 Å². The van der Waals surface area contributed by atoms with Gasteiger partial charge in [0, 0.05) is 13.1 Å². The van der Waals surface area contributed by atoms with Crippen LogP contribution in [0.3, 0.4) is 0 Å². The molecule has 0 radical (unpaired) electrons. The van der Waals surface area contributed by atoms with Gasteiger partial charge in [0.1, 0.15) is 38.6 Å². The molecule has 1 fully saturated rings. The molecule has 1 saturated heterocycles. The van der Waals surface area contributed by atoms with Crippen LogP contribution in [-0.4, -0.2) is 76.8 Å². The summed E-state index contributed by atoms with van der Waals surface area (Å²) in [6.45, 7) is 2.30. The molecule has 0 bridgehead atoms. The van der Waals surface area contributed by atoms with Gasteiger partial charge in [0.05, 0.1) is 12.1 Å². The molecular weight excluding hydrogens is 681 g/mol. The van der Waals surface area contributed by atoms with Crippen molar-refractivity contribution in [3.05, 3.63) is 144 Å². The molecule has 9 rings (SSSR count). The Labute approximate surface area is 313 Å². The van der Waals surface area contributed by atoms with E-state index < -0.39 is 24.3 Å². The van der Waals surface area contributed by atoms with Crippen molar-refractivity contribution in [2.75, 3.05) is 26.4 Å². The predicted octanol–water partition coefficient (Wildman–Crippen LogP) is 6.92. The zero-order valence-corrected chi connectivity index (χ0v) is 29.8. The van der Waals surface area contributed by atoms with Gasteiger partial charge in [0.25, 0.3) is 0 Å². The van der Waals surface area contributed by atoms with Crippen molar-refractivity contribution in [1.29, 1.82) is 0 Å². The number of nitrogens with zero attached hydrogens (tertiary/aromatic N) is 2. The number of carbonyl (C=O) groups excluding carboxylic acids is 1. The summed E-state index contributed by atoms with van der Waals surface area (Å²) < 4.78 is 23.4. The maximum atomic E-state index is 15.4. The van der Waals surface area contributed by atoms with E-state index in [0.717, 1.165) is 43.8 Å². The Kier molecular flexibility index (Phi) is 9.18. The molecule has 2 amide bonds. The zero-order chi connectivity index (χ0) is 36.6. The molecule has 6 aromatic carbocycles. The lowest BCUT2D eigenvalue weighted by molar-refractivity contribution is -0.0408. The molecule has 0 saturated carbocycles. The van der Waals surface area contributed by atoms with Gasteiger partial charge >= 0.3 is 6.03 Å². The fourth-order valence-electron chi connectivity index (χ4n) is 8.08. The largest absolute Gasteiger partial charge is 0.486 e. The van der Waals surface area contributed by atoms with Crippen molar-refractivity contribution >= 4 is 27.6 Å². The minimum absolute atomic E-state index is 0.230. The first kappa shape index (κ1) is 34.0. The van der Waals surface area contributed by atoms with Gasteiger partial charge in [-0.15, -0.1) is 0 Å². The number of benzene rings is 6. The number of ether oxygens (including phenoxy) is 4. The Balaban J connectivity index is 1.14. The summed E-state index contributed by atoms with van der Waals surface area (Å²) in [5.41, 5.74) is 3.56. The van der Waals surface area contributed by atoms with Crippen LogP contribution in [0.4, 0.5) is 4.79 Å². The van der Waals surface area contributed by atoms with E-state index in [1.165, 1.54) is 0 Å². The van der Waals surface area contributed by atoms with Crippen molar-refractivity contribution < 1.29 is 34.0 Å². The molecule has 4 atom stereocenters. The molecule has 3 heterocycles. The normalized spacial score (nSPS) is 21.0. The summed E-state index contributed by atoms with van der Waals surface area (Å²) in [5, 5.41) is 29.0. The van der Waals surface area contributed by atoms with Crippen molar-refractivity contribution in [2.24, 2.45) is 0 Å². The van der Waals surface area contributed by atoms with Crippen LogP contribution in [0.5, 0.6) is 23.0 Å². The summed E-state index contributed by atoms with van der Waals surface area (Å²) in [5.74, 6) is 2.58. The second-order valence-corrected chi connectivity index (χ2v) is 14.4. The lowest BCUT2D eigenvalue weighted by atomic mass is 9.90. The highest BCUT2D eigenvalue weighted by Crippen LogP contribution is 2.36. The van der Waals surface area contributed by atoms with Crippen molar-refractivity contribution in [3.8, 4) is 23.0 Å². The van der Waals surface area contributed by atoms with Crippen molar-refractivity contribution in [1.82, 2.24) is 9.80 Å². The van der Waals surface area contributed by atoms with Crippen LogP contribution in [0.15, 0.2) is 121 Å². The van der Waals surface area contributed by atoms with Crippen LogP contribution in [0.1, 0.15) is 22.3 Å². The lowest BCUT2D eigenvalue weighted by Crippen LogP contribution is -2.50. The Hall–Kier alpha value is -5.77. The van der Waals surface area contributed by atoms with E-state index in [9.17, 15) is 10.2 Å². The molecule has 0 aliphatic carbocycles. The number of fused-ring (bicyclic) bond motifs is 4. The van der Waals surface area contributed by atoms with Gasteiger partial charge in [0.15, 0.2) is 23.0 Å². The van der Waals surface area contributed by atoms with E-state index in [2.05, 4.69) is 48.5 Å². The molecule has 0 unspecified atom stereocenters. The van der Waals surface area contributed by atoms with Gasteiger partial charge < -0.3 is 39.0 Å². The summed E-state index contributed by atoms with van der Waals surface area (Å²) in [7, 11) is 0. The van der Waals surface area contributed by atoms with Crippen LogP contribution in [-0.2, 0) is 25.9 Å². The van der Waals surface area contributed by atoms with Crippen molar-refractivity contribution in [2.45, 2.75) is 50.2 Å². The van der Waals surface area contributed by atoms with Gasteiger partial charge in [-0.05, 0) is 93.0 Å². The standard InChI is InChI=1S/C45H42N2O7/c48-43-37(23-29-11-15-39-41(25-29)53-19-17-51-39)46(27-31-9-13-33-5-1-3-7-35(33)21-31)45(50)47(28-32-10-14-34-6-2-4-8-36(34)22-32)38(44(43)49)24-30-12-16-40-42(26-30)54-20-18-52-40/h1-16,21-22,25-26,37-38,43-44,48-49H,17-20,23-24,27-28H2/t37-,38-,43+,44+/m1/s1. The monoisotopic (exact) mass is 722 g/mol. The summed E-state index contributed by atoms with van der Waals surface area (Å²) >= 11 is 0. The van der Waals surface area contributed by atoms with E-state index in [4.69, 9.17) is 18.9 Å². The molecule has 54 heavy (non-hydrogen) atoms. The second kappa shape index (κ2) is 14.6. The van der Waals surface area contributed by atoms with Gasteiger partial charge in [0.2, 0.25) is 0 Å². The number of aliphatic hydroxyl groups is 2. The first-order valence-electron chi connectivity index (χ1n) is 18.6. The fraction of sp³-hybridized carbons (Fsp3) is 0.267.